The highest BCUT2D eigenvalue weighted by molar-refractivity contribution is 5.94. The molecular formula is C12H18N2O2. The summed E-state index contributed by atoms with van der Waals surface area (Å²) in [6, 6.07) is 5.49. The van der Waals surface area contributed by atoms with Gasteiger partial charge in [-0.3, -0.25) is 9.78 Å². The van der Waals surface area contributed by atoms with Crippen molar-refractivity contribution in [2.75, 3.05) is 26.8 Å². The van der Waals surface area contributed by atoms with Crippen LogP contribution in [0.25, 0.3) is 0 Å². The molecule has 0 saturated heterocycles. The van der Waals surface area contributed by atoms with Crippen LogP contribution < -0.4 is 5.32 Å². The molecule has 0 radical (unpaired) electrons. The topological polar surface area (TPSA) is 51.2 Å². The van der Waals surface area contributed by atoms with Gasteiger partial charge >= 0.3 is 0 Å². The van der Waals surface area contributed by atoms with E-state index >= 15 is 0 Å². The van der Waals surface area contributed by atoms with Crippen LogP contribution in [-0.2, 0) is 4.74 Å². The first-order valence-corrected chi connectivity index (χ1v) is 5.40. The molecule has 88 valence electrons. The van der Waals surface area contributed by atoms with Gasteiger partial charge in [-0.25, -0.2) is 0 Å². The quantitative estimate of drug-likeness (QED) is 0.556. The van der Waals surface area contributed by atoms with E-state index in [4.69, 9.17) is 4.74 Å². The fourth-order valence-electron chi connectivity index (χ4n) is 1.33. The first kappa shape index (κ1) is 12.8. The van der Waals surface area contributed by atoms with Gasteiger partial charge in [-0.05, 0) is 19.1 Å². The molecule has 1 rings (SSSR count). The van der Waals surface area contributed by atoms with Crippen LogP contribution in [0.3, 0.4) is 0 Å². The SMILES string of the molecule is COCCNCCC(=O)c1cccc(C)n1. The third kappa shape index (κ3) is 4.51. The van der Waals surface area contributed by atoms with Crippen LogP contribution in [0.5, 0.6) is 0 Å². The van der Waals surface area contributed by atoms with Crippen LogP contribution in [0.4, 0.5) is 0 Å². The van der Waals surface area contributed by atoms with E-state index in [1.807, 2.05) is 19.1 Å². The second-order valence-corrected chi connectivity index (χ2v) is 3.58. The number of pyridine rings is 1. The van der Waals surface area contributed by atoms with Crippen molar-refractivity contribution in [2.45, 2.75) is 13.3 Å². The molecule has 0 aliphatic heterocycles. The number of hydrogen-bond acceptors (Lipinski definition) is 4. The van der Waals surface area contributed by atoms with Crippen LogP contribution in [0.2, 0.25) is 0 Å². The molecule has 16 heavy (non-hydrogen) atoms. The summed E-state index contributed by atoms with van der Waals surface area (Å²) < 4.78 is 4.89. The van der Waals surface area contributed by atoms with Gasteiger partial charge in [-0.1, -0.05) is 6.07 Å². The Kier molecular flexibility index (Phi) is 5.67. The zero-order valence-electron chi connectivity index (χ0n) is 9.82. The second-order valence-electron chi connectivity index (χ2n) is 3.58. The highest BCUT2D eigenvalue weighted by atomic mass is 16.5. The summed E-state index contributed by atoms with van der Waals surface area (Å²) >= 11 is 0. The van der Waals surface area contributed by atoms with E-state index in [2.05, 4.69) is 10.3 Å². The summed E-state index contributed by atoms with van der Waals surface area (Å²) in [7, 11) is 1.66. The van der Waals surface area contributed by atoms with E-state index < -0.39 is 0 Å². The fourth-order valence-corrected chi connectivity index (χ4v) is 1.33. The Bertz CT molecular complexity index is 340. The van der Waals surface area contributed by atoms with E-state index in [1.54, 1.807) is 13.2 Å². The predicted molar refractivity (Wildman–Crippen MR) is 62.7 cm³/mol. The zero-order valence-corrected chi connectivity index (χ0v) is 9.82. The molecule has 0 amide bonds. The van der Waals surface area contributed by atoms with Gasteiger partial charge in [0.1, 0.15) is 5.69 Å². The third-order valence-electron chi connectivity index (χ3n) is 2.19. The number of Topliss-reactive ketones (excluding diaryl/α,β-unsaturated/α-hetero) is 1. The molecule has 4 nitrogen and oxygen atoms in total. The number of methoxy groups -OCH3 is 1. The Morgan fingerprint density at radius 2 is 2.25 bits per heavy atom. The molecule has 1 heterocycles. The monoisotopic (exact) mass is 222 g/mol. The molecule has 4 heteroatoms. The Labute approximate surface area is 96.0 Å². The Morgan fingerprint density at radius 3 is 2.94 bits per heavy atom. The number of aromatic nitrogens is 1. The lowest BCUT2D eigenvalue weighted by atomic mass is 10.2. The van der Waals surface area contributed by atoms with Crippen LogP contribution in [0.15, 0.2) is 18.2 Å². The van der Waals surface area contributed by atoms with Gasteiger partial charge < -0.3 is 10.1 Å². The van der Waals surface area contributed by atoms with Gasteiger partial charge in [-0.15, -0.1) is 0 Å². The lowest BCUT2D eigenvalue weighted by Crippen LogP contribution is -2.22. The number of rotatable bonds is 7. The largest absolute Gasteiger partial charge is 0.383 e. The maximum absolute atomic E-state index is 11.7. The van der Waals surface area contributed by atoms with Crippen molar-refractivity contribution in [2.24, 2.45) is 0 Å². The lowest BCUT2D eigenvalue weighted by Gasteiger charge is -2.03. The predicted octanol–water partition coefficient (Wildman–Crippen LogP) is 1.20. The summed E-state index contributed by atoms with van der Waals surface area (Å²) in [4.78, 5) is 15.9. The summed E-state index contributed by atoms with van der Waals surface area (Å²) in [5, 5.41) is 3.13. The molecule has 0 spiro atoms. The van der Waals surface area contributed by atoms with E-state index in [9.17, 15) is 4.79 Å². The number of aryl methyl sites for hydroxylation is 1. The smallest absolute Gasteiger partial charge is 0.182 e. The molecule has 1 aromatic heterocycles. The van der Waals surface area contributed by atoms with E-state index in [-0.39, 0.29) is 5.78 Å². The average molecular weight is 222 g/mol. The minimum Gasteiger partial charge on any atom is -0.383 e. The summed E-state index contributed by atoms with van der Waals surface area (Å²) in [5.41, 5.74) is 1.42. The Hall–Kier alpha value is -1.26. The normalized spacial score (nSPS) is 10.4. The van der Waals surface area contributed by atoms with Crippen molar-refractivity contribution in [1.29, 1.82) is 0 Å². The summed E-state index contributed by atoms with van der Waals surface area (Å²) in [6.07, 6.45) is 0.472. The van der Waals surface area contributed by atoms with Crippen molar-refractivity contribution in [3.05, 3.63) is 29.6 Å². The van der Waals surface area contributed by atoms with Gasteiger partial charge in [0.05, 0.1) is 6.61 Å². The van der Waals surface area contributed by atoms with Gasteiger partial charge in [0.2, 0.25) is 0 Å². The van der Waals surface area contributed by atoms with Gasteiger partial charge in [0, 0.05) is 32.3 Å². The molecule has 1 aromatic rings. The number of ether oxygens (including phenoxy) is 1. The number of carbonyl (C=O) groups excluding carboxylic acids is 1. The van der Waals surface area contributed by atoms with Gasteiger partial charge in [0.15, 0.2) is 5.78 Å². The molecule has 1 N–H and O–H groups in total. The highest BCUT2D eigenvalue weighted by Gasteiger charge is 2.06. The molecule has 0 aliphatic rings. The minimum absolute atomic E-state index is 0.0774. The van der Waals surface area contributed by atoms with Crippen molar-refractivity contribution in [1.82, 2.24) is 10.3 Å². The number of hydrogen-bond donors (Lipinski definition) is 1. The second kappa shape index (κ2) is 7.09. The number of nitrogens with zero attached hydrogens (tertiary/aromatic N) is 1. The maximum Gasteiger partial charge on any atom is 0.182 e. The minimum atomic E-state index is 0.0774. The van der Waals surface area contributed by atoms with Gasteiger partial charge in [0.25, 0.3) is 0 Å². The van der Waals surface area contributed by atoms with Crippen molar-refractivity contribution in [3.8, 4) is 0 Å². The summed E-state index contributed by atoms with van der Waals surface area (Å²) in [6.45, 7) is 3.98. The van der Waals surface area contributed by atoms with Crippen LogP contribution in [0.1, 0.15) is 22.6 Å². The van der Waals surface area contributed by atoms with Crippen molar-refractivity contribution < 1.29 is 9.53 Å². The Balaban J connectivity index is 2.30. The molecule has 0 aromatic carbocycles. The number of nitrogens with one attached hydrogen (secondary N) is 1. The lowest BCUT2D eigenvalue weighted by molar-refractivity contribution is 0.0976. The van der Waals surface area contributed by atoms with Crippen LogP contribution >= 0.6 is 0 Å². The molecule has 0 aliphatic carbocycles. The first-order chi connectivity index (χ1) is 7.74. The third-order valence-corrected chi connectivity index (χ3v) is 2.19. The molecule has 0 unspecified atom stereocenters. The van der Waals surface area contributed by atoms with E-state index in [1.165, 1.54) is 0 Å². The number of carbonyl (C=O) groups is 1. The molecule has 0 saturated carbocycles. The number of ketones is 1. The first-order valence-electron chi connectivity index (χ1n) is 5.40. The average Bonchev–Trinajstić information content (AvgIpc) is 2.28. The molecule has 0 bridgehead atoms. The Morgan fingerprint density at radius 1 is 1.44 bits per heavy atom. The summed E-state index contributed by atoms with van der Waals surface area (Å²) in [5.74, 6) is 0.0774. The fraction of sp³-hybridized carbons (Fsp3) is 0.500. The standard InChI is InChI=1S/C12H18N2O2/c1-10-4-3-5-11(14-10)12(15)6-7-13-8-9-16-2/h3-5,13H,6-9H2,1-2H3. The van der Waals surface area contributed by atoms with Crippen LogP contribution in [-0.4, -0.2) is 37.6 Å². The van der Waals surface area contributed by atoms with Gasteiger partial charge in [-0.2, -0.15) is 0 Å². The molecular weight excluding hydrogens is 204 g/mol. The van der Waals surface area contributed by atoms with Crippen LogP contribution in [0, 0.1) is 6.92 Å². The molecule has 0 fully saturated rings. The van der Waals surface area contributed by atoms with Crippen molar-refractivity contribution >= 4 is 5.78 Å². The maximum atomic E-state index is 11.7. The molecule has 0 atom stereocenters. The zero-order chi connectivity index (χ0) is 11.8. The highest BCUT2D eigenvalue weighted by Crippen LogP contribution is 2.01. The van der Waals surface area contributed by atoms with E-state index in [0.29, 0.717) is 25.3 Å². The van der Waals surface area contributed by atoms with E-state index in [0.717, 1.165) is 12.2 Å². The van der Waals surface area contributed by atoms with Crippen molar-refractivity contribution in [3.63, 3.8) is 0 Å².